The van der Waals surface area contributed by atoms with E-state index in [2.05, 4.69) is 15.5 Å². The van der Waals surface area contributed by atoms with Crippen molar-refractivity contribution in [3.8, 4) is 11.5 Å². The lowest BCUT2D eigenvalue weighted by Gasteiger charge is -2.18. The zero-order chi connectivity index (χ0) is 23.5. The van der Waals surface area contributed by atoms with E-state index in [1.165, 1.54) is 28.6 Å². The first-order valence-electron chi connectivity index (χ1n) is 10.5. The molecule has 0 aliphatic carbocycles. The first kappa shape index (κ1) is 23.6. The number of para-hydroxylation sites is 1. The Morgan fingerprint density at radius 1 is 1.09 bits per heavy atom. The third-order valence-electron chi connectivity index (χ3n) is 5.16. The van der Waals surface area contributed by atoms with Crippen LogP contribution in [-0.2, 0) is 10.0 Å². The minimum absolute atomic E-state index is 0.112. The Hall–Kier alpha value is -3.04. The van der Waals surface area contributed by atoms with E-state index in [0.29, 0.717) is 41.6 Å². The Morgan fingerprint density at radius 3 is 2.31 bits per heavy atom. The van der Waals surface area contributed by atoms with Gasteiger partial charge in [-0.15, -0.1) is 0 Å². The van der Waals surface area contributed by atoms with Gasteiger partial charge >= 0.3 is 0 Å². The van der Waals surface area contributed by atoms with Crippen molar-refractivity contribution in [1.29, 1.82) is 0 Å². The molecule has 0 fully saturated rings. The van der Waals surface area contributed by atoms with Crippen LogP contribution in [-0.4, -0.2) is 41.9 Å². The lowest BCUT2D eigenvalue weighted by atomic mass is 10.1. The summed E-state index contributed by atoms with van der Waals surface area (Å²) < 4.78 is 32.1. The minimum Gasteiger partial charge on any atom is -0.334 e. The van der Waals surface area contributed by atoms with Gasteiger partial charge in [-0.2, -0.15) is 9.29 Å². The van der Waals surface area contributed by atoms with Crippen LogP contribution < -0.4 is 5.32 Å². The fraction of sp³-hybridized carbons (Fsp3) is 0.348. The Balaban J connectivity index is 1.88. The highest BCUT2D eigenvalue weighted by atomic mass is 32.2. The van der Waals surface area contributed by atoms with Crippen LogP contribution in [0.2, 0.25) is 0 Å². The topological polar surface area (TPSA) is 105 Å². The van der Waals surface area contributed by atoms with Crippen LogP contribution in [0.1, 0.15) is 55.4 Å². The molecule has 9 heteroatoms. The molecule has 1 heterocycles. The van der Waals surface area contributed by atoms with Gasteiger partial charge in [0.2, 0.25) is 10.0 Å². The summed E-state index contributed by atoms with van der Waals surface area (Å²) in [6.07, 6.45) is 0. The third kappa shape index (κ3) is 4.73. The Bertz CT molecular complexity index is 1200. The van der Waals surface area contributed by atoms with E-state index in [4.69, 9.17) is 4.52 Å². The fourth-order valence-corrected chi connectivity index (χ4v) is 4.73. The second-order valence-corrected chi connectivity index (χ2v) is 9.62. The number of carbonyl (C=O) groups excluding carboxylic acids is 1. The molecule has 0 aliphatic rings. The number of hydrogen-bond acceptors (Lipinski definition) is 6. The normalized spacial score (nSPS) is 11.8. The van der Waals surface area contributed by atoms with E-state index in [1.807, 2.05) is 32.9 Å². The zero-order valence-corrected chi connectivity index (χ0v) is 19.7. The lowest BCUT2D eigenvalue weighted by molar-refractivity contribution is 0.102. The maximum atomic E-state index is 12.9. The number of carbonyl (C=O) groups is 1. The molecule has 0 atom stereocenters. The van der Waals surface area contributed by atoms with Gasteiger partial charge < -0.3 is 9.84 Å². The van der Waals surface area contributed by atoms with E-state index >= 15 is 0 Å². The number of sulfonamides is 1. The predicted molar refractivity (Wildman–Crippen MR) is 123 cm³/mol. The highest BCUT2D eigenvalue weighted by Gasteiger charge is 2.22. The van der Waals surface area contributed by atoms with Crippen LogP contribution in [0.4, 0.5) is 5.69 Å². The third-order valence-corrected chi connectivity index (χ3v) is 7.22. The van der Waals surface area contributed by atoms with Gasteiger partial charge in [0.15, 0.2) is 5.82 Å². The first-order chi connectivity index (χ1) is 15.2. The maximum absolute atomic E-state index is 12.9. The van der Waals surface area contributed by atoms with Gasteiger partial charge in [0.05, 0.1) is 16.1 Å². The molecule has 2 aromatic carbocycles. The average Bonchev–Trinajstić information content (AvgIpc) is 3.26. The second-order valence-electron chi connectivity index (χ2n) is 7.68. The van der Waals surface area contributed by atoms with Crippen molar-refractivity contribution in [3.63, 3.8) is 0 Å². The number of rotatable bonds is 8. The molecular weight excluding hydrogens is 428 g/mol. The molecule has 0 unspecified atom stereocenters. The van der Waals surface area contributed by atoms with Crippen molar-refractivity contribution in [1.82, 2.24) is 14.4 Å². The molecular formula is C23H28N4O4S. The van der Waals surface area contributed by atoms with Gasteiger partial charge in [0, 0.05) is 24.6 Å². The molecule has 0 saturated heterocycles. The molecule has 170 valence electrons. The molecule has 8 nitrogen and oxygen atoms in total. The SMILES string of the molecule is CCN(CC)S(=O)(=O)c1ccc(C(=O)Nc2c(C)cccc2-c2nc(C(C)C)no2)cc1. The van der Waals surface area contributed by atoms with Crippen LogP contribution in [0.3, 0.4) is 0 Å². The zero-order valence-electron chi connectivity index (χ0n) is 18.9. The maximum Gasteiger partial charge on any atom is 0.260 e. The van der Waals surface area contributed by atoms with Crippen molar-refractivity contribution >= 4 is 21.6 Å². The summed E-state index contributed by atoms with van der Waals surface area (Å²) in [5, 5.41) is 6.91. The van der Waals surface area contributed by atoms with E-state index in [1.54, 1.807) is 19.9 Å². The first-order valence-corrected chi connectivity index (χ1v) is 12.0. The smallest absolute Gasteiger partial charge is 0.260 e. The molecule has 0 radical (unpaired) electrons. The number of benzene rings is 2. The van der Waals surface area contributed by atoms with Crippen molar-refractivity contribution in [2.75, 3.05) is 18.4 Å². The van der Waals surface area contributed by atoms with E-state index in [-0.39, 0.29) is 16.7 Å². The summed E-state index contributed by atoms with van der Waals surface area (Å²) in [6, 6.07) is 11.5. The van der Waals surface area contributed by atoms with Gasteiger partial charge in [-0.3, -0.25) is 4.79 Å². The summed E-state index contributed by atoms with van der Waals surface area (Å²) in [7, 11) is -3.58. The Kier molecular flexibility index (Phi) is 7.10. The summed E-state index contributed by atoms with van der Waals surface area (Å²) >= 11 is 0. The number of anilines is 1. The molecule has 32 heavy (non-hydrogen) atoms. The average molecular weight is 457 g/mol. The Morgan fingerprint density at radius 2 is 1.75 bits per heavy atom. The van der Waals surface area contributed by atoms with Gasteiger partial charge in [-0.05, 0) is 42.8 Å². The summed E-state index contributed by atoms with van der Waals surface area (Å²) in [5.41, 5.74) is 2.36. The quantitative estimate of drug-likeness (QED) is 0.537. The van der Waals surface area contributed by atoms with Gasteiger partial charge in [-0.25, -0.2) is 8.42 Å². The lowest BCUT2D eigenvalue weighted by Crippen LogP contribution is -2.30. The largest absolute Gasteiger partial charge is 0.334 e. The molecule has 0 bridgehead atoms. The number of amides is 1. The molecule has 3 rings (SSSR count). The van der Waals surface area contributed by atoms with Crippen LogP contribution in [0.25, 0.3) is 11.5 Å². The molecule has 3 aromatic rings. The van der Waals surface area contributed by atoms with Gasteiger partial charge in [0.25, 0.3) is 11.8 Å². The van der Waals surface area contributed by atoms with Gasteiger partial charge in [-0.1, -0.05) is 45.0 Å². The molecule has 1 aromatic heterocycles. The van der Waals surface area contributed by atoms with Crippen LogP contribution >= 0.6 is 0 Å². The Labute approximate surface area is 188 Å². The number of nitrogens with zero attached hydrogens (tertiary/aromatic N) is 3. The monoisotopic (exact) mass is 456 g/mol. The van der Waals surface area contributed by atoms with Crippen LogP contribution in [0.15, 0.2) is 51.9 Å². The number of aromatic nitrogens is 2. The molecule has 0 spiro atoms. The minimum atomic E-state index is -3.58. The van der Waals surface area contributed by atoms with E-state index in [9.17, 15) is 13.2 Å². The second kappa shape index (κ2) is 9.62. The molecule has 1 amide bonds. The van der Waals surface area contributed by atoms with Crippen molar-refractivity contribution in [3.05, 3.63) is 59.4 Å². The molecule has 0 aliphatic heterocycles. The van der Waals surface area contributed by atoms with E-state index < -0.39 is 10.0 Å². The summed E-state index contributed by atoms with van der Waals surface area (Å²) in [5.74, 6) is 0.662. The number of nitrogens with one attached hydrogen (secondary N) is 1. The fourth-order valence-electron chi connectivity index (χ4n) is 3.27. The molecule has 0 saturated carbocycles. The van der Waals surface area contributed by atoms with Crippen LogP contribution in [0.5, 0.6) is 0 Å². The number of aryl methyl sites for hydroxylation is 1. The standard InChI is InChI=1S/C23H28N4O4S/c1-6-27(7-2)32(29,30)18-13-11-17(12-14-18)22(28)24-20-16(5)9-8-10-19(20)23-25-21(15(3)4)26-31-23/h8-15H,6-7H2,1-5H3,(H,24,28). The van der Waals surface area contributed by atoms with Crippen molar-refractivity contribution < 1.29 is 17.7 Å². The van der Waals surface area contributed by atoms with Crippen molar-refractivity contribution in [2.24, 2.45) is 0 Å². The van der Waals surface area contributed by atoms with Crippen molar-refractivity contribution in [2.45, 2.75) is 45.4 Å². The summed E-state index contributed by atoms with van der Waals surface area (Å²) in [6.45, 7) is 10.1. The summed E-state index contributed by atoms with van der Waals surface area (Å²) in [4.78, 5) is 17.5. The highest BCUT2D eigenvalue weighted by Crippen LogP contribution is 2.31. The van der Waals surface area contributed by atoms with Crippen LogP contribution in [0, 0.1) is 6.92 Å². The molecule has 1 N–H and O–H groups in total. The predicted octanol–water partition coefficient (Wildman–Crippen LogP) is 4.45. The number of hydrogen-bond donors (Lipinski definition) is 1. The van der Waals surface area contributed by atoms with E-state index in [0.717, 1.165) is 5.56 Å². The van der Waals surface area contributed by atoms with Gasteiger partial charge in [0.1, 0.15) is 0 Å². The highest BCUT2D eigenvalue weighted by molar-refractivity contribution is 7.89.